The van der Waals surface area contributed by atoms with Crippen molar-refractivity contribution in [2.45, 2.75) is 37.7 Å². The molecule has 1 unspecified atom stereocenters. The zero-order valence-electron chi connectivity index (χ0n) is 12.5. The van der Waals surface area contributed by atoms with E-state index in [1.807, 2.05) is 0 Å². The molecule has 2 aliphatic heterocycles. The molecule has 0 aliphatic carbocycles. The Morgan fingerprint density at radius 1 is 1.04 bits per heavy atom. The van der Waals surface area contributed by atoms with Crippen LogP contribution in [0, 0.1) is 11.6 Å². The van der Waals surface area contributed by atoms with Gasteiger partial charge < -0.3 is 10.1 Å². The second kappa shape index (κ2) is 6.62. The summed E-state index contributed by atoms with van der Waals surface area (Å²) in [5.41, 5.74) is -0.298. The highest BCUT2D eigenvalue weighted by Crippen LogP contribution is 2.32. The molecule has 5 nitrogen and oxygen atoms in total. The number of piperidine rings is 2. The van der Waals surface area contributed by atoms with Crippen LogP contribution in [0.4, 0.5) is 8.78 Å². The SMILES string of the molecule is O=C1CCC(c2c(F)cc(OC3CCNCC3)cc2F)C(=O)N1. The molecule has 2 heterocycles. The van der Waals surface area contributed by atoms with Crippen molar-refractivity contribution in [1.29, 1.82) is 0 Å². The fourth-order valence-electron chi connectivity index (χ4n) is 3.04. The van der Waals surface area contributed by atoms with Crippen molar-refractivity contribution in [2.24, 2.45) is 0 Å². The summed E-state index contributed by atoms with van der Waals surface area (Å²) in [5, 5.41) is 5.30. The van der Waals surface area contributed by atoms with E-state index in [9.17, 15) is 18.4 Å². The van der Waals surface area contributed by atoms with E-state index in [-0.39, 0.29) is 30.3 Å². The lowest BCUT2D eigenvalue weighted by Gasteiger charge is -2.25. The number of halogens is 2. The van der Waals surface area contributed by atoms with Gasteiger partial charge in [-0.3, -0.25) is 14.9 Å². The van der Waals surface area contributed by atoms with Gasteiger partial charge >= 0.3 is 0 Å². The molecule has 124 valence electrons. The average molecular weight is 324 g/mol. The number of benzene rings is 1. The molecule has 2 fully saturated rings. The molecule has 0 aromatic heterocycles. The number of hydrogen-bond donors (Lipinski definition) is 2. The number of nitrogens with one attached hydrogen (secondary N) is 2. The highest BCUT2D eigenvalue weighted by Gasteiger charge is 2.32. The van der Waals surface area contributed by atoms with Crippen molar-refractivity contribution < 1.29 is 23.1 Å². The lowest BCUT2D eigenvalue weighted by molar-refractivity contribution is -0.134. The molecule has 1 atom stereocenters. The minimum Gasteiger partial charge on any atom is -0.490 e. The Hall–Kier alpha value is -2.02. The molecule has 0 saturated carbocycles. The summed E-state index contributed by atoms with van der Waals surface area (Å²) >= 11 is 0. The first-order chi connectivity index (χ1) is 11.0. The number of carbonyl (C=O) groups is 2. The van der Waals surface area contributed by atoms with E-state index < -0.39 is 29.4 Å². The Balaban J connectivity index is 1.80. The highest BCUT2D eigenvalue weighted by molar-refractivity contribution is 6.00. The summed E-state index contributed by atoms with van der Waals surface area (Å²) in [5.74, 6) is -3.57. The van der Waals surface area contributed by atoms with Crippen LogP contribution in [-0.4, -0.2) is 31.0 Å². The minimum atomic E-state index is -0.986. The number of rotatable bonds is 3. The van der Waals surface area contributed by atoms with E-state index in [1.54, 1.807) is 0 Å². The molecule has 1 aromatic rings. The molecule has 1 aromatic carbocycles. The van der Waals surface area contributed by atoms with Gasteiger partial charge in [0, 0.05) is 24.1 Å². The number of carbonyl (C=O) groups excluding carboxylic acids is 2. The Morgan fingerprint density at radius 2 is 1.70 bits per heavy atom. The van der Waals surface area contributed by atoms with Gasteiger partial charge in [-0.05, 0) is 32.4 Å². The molecule has 2 aliphatic rings. The smallest absolute Gasteiger partial charge is 0.234 e. The van der Waals surface area contributed by atoms with Crippen molar-refractivity contribution in [1.82, 2.24) is 10.6 Å². The third-order valence-electron chi connectivity index (χ3n) is 4.23. The number of amides is 2. The first-order valence-electron chi connectivity index (χ1n) is 7.74. The number of imide groups is 1. The number of hydrogen-bond acceptors (Lipinski definition) is 4. The van der Waals surface area contributed by atoms with Crippen molar-refractivity contribution in [3.63, 3.8) is 0 Å². The summed E-state index contributed by atoms with van der Waals surface area (Å²) in [4.78, 5) is 23.0. The van der Waals surface area contributed by atoms with Crippen LogP contribution in [-0.2, 0) is 9.59 Å². The Kier molecular flexibility index (Phi) is 4.56. The standard InChI is InChI=1S/C16H18F2N2O3/c17-12-7-10(23-9-3-5-19-6-4-9)8-13(18)15(12)11-1-2-14(21)20-16(11)22/h7-9,11,19H,1-6H2,(H,20,21,22). The van der Waals surface area contributed by atoms with Gasteiger partial charge in [-0.25, -0.2) is 8.78 Å². The van der Waals surface area contributed by atoms with Crippen molar-refractivity contribution >= 4 is 11.8 Å². The van der Waals surface area contributed by atoms with Gasteiger partial charge in [0.2, 0.25) is 11.8 Å². The maximum absolute atomic E-state index is 14.3. The van der Waals surface area contributed by atoms with Gasteiger partial charge in [0.05, 0.1) is 5.92 Å². The molecule has 23 heavy (non-hydrogen) atoms. The van der Waals surface area contributed by atoms with Crippen LogP contribution in [0.15, 0.2) is 12.1 Å². The number of ether oxygens (including phenoxy) is 1. The van der Waals surface area contributed by atoms with Crippen molar-refractivity contribution in [2.75, 3.05) is 13.1 Å². The van der Waals surface area contributed by atoms with Crippen molar-refractivity contribution in [3.05, 3.63) is 29.3 Å². The summed E-state index contributed by atoms with van der Waals surface area (Å²) in [6.45, 7) is 1.62. The Labute approximate surface area is 132 Å². The zero-order chi connectivity index (χ0) is 16.4. The van der Waals surface area contributed by atoms with Crippen LogP contribution < -0.4 is 15.4 Å². The lowest BCUT2D eigenvalue weighted by atomic mass is 9.89. The fourth-order valence-corrected chi connectivity index (χ4v) is 3.04. The van der Waals surface area contributed by atoms with Crippen LogP contribution in [0.25, 0.3) is 0 Å². The summed E-state index contributed by atoms with van der Waals surface area (Å²) < 4.78 is 34.3. The van der Waals surface area contributed by atoms with Gasteiger partial charge in [0.15, 0.2) is 0 Å². The topological polar surface area (TPSA) is 67.4 Å². The molecule has 7 heteroatoms. The Bertz CT molecular complexity index is 607. The van der Waals surface area contributed by atoms with E-state index in [1.165, 1.54) is 0 Å². The molecule has 0 spiro atoms. The van der Waals surface area contributed by atoms with Gasteiger partial charge in [0.25, 0.3) is 0 Å². The highest BCUT2D eigenvalue weighted by atomic mass is 19.1. The summed E-state index contributed by atoms with van der Waals surface area (Å²) in [7, 11) is 0. The molecule has 0 radical (unpaired) electrons. The lowest BCUT2D eigenvalue weighted by Crippen LogP contribution is -2.40. The van der Waals surface area contributed by atoms with Gasteiger partial charge in [-0.2, -0.15) is 0 Å². The largest absolute Gasteiger partial charge is 0.490 e. The minimum absolute atomic E-state index is 0.0720. The molecular weight excluding hydrogens is 306 g/mol. The first-order valence-corrected chi connectivity index (χ1v) is 7.74. The third-order valence-corrected chi connectivity index (χ3v) is 4.23. The van der Waals surface area contributed by atoms with Gasteiger partial charge in [-0.15, -0.1) is 0 Å². The average Bonchev–Trinajstić information content (AvgIpc) is 2.50. The van der Waals surface area contributed by atoms with E-state index in [4.69, 9.17) is 4.74 Å². The van der Waals surface area contributed by atoms with Crippen molar-refractivity contribution in [3.8, 4) is 5.75 Å². The zero-order valence-corrected chi connectivity index (χ0v) is 12.5. The van der Waals surface area contributed by atoms with Crippen LogP contribution in [0.3, 0.4) is 0 Å². The van der Waals surface area contributed by atoms with Crippen LogP contribution in [0.5, 0.6) is 5.75 Å². The van der Waals surface area contributed by atoms with E-state index in [2.05, 4.69) is 10.6 Å². The molecule has 2 amide bonds. The molecule has 3 rings (SSSR count). The van der Waals surface area contributed by atoms with E-state index >= 15 is 0 Å². The Morgan fingerprint density at radius 3 is 2.30 bits per heavy atom. The molecule has 2 N–H and O–H groups in total. The summed E-state index contributed by atoms with van der Waals surface area (Å²) in [6, 6.07) is 2.23. The summed E-state index contributed by atoms with van der Waals surface area (Å²) in [6.07, 6.45) is 1.66. The van der Waals surface area contributed by atoms with E-state index in [0.717, 1.165) is 38.1 Å². The van der Waals surface area contributed by atoms with Gasteiger partial charge in [0.1, 0.15) is 23.5 Å². The normalized spacial score (nSPS) is 22.8. The molecular formula is C16H18F2N2O3. The molecule has 0 bridgehead atoms. The van der Waals surface area contributed by atoms with Crippen LogP contribution in [0.2, 0.25) is 0 Å². The quantitative estimate of drug-likeness (QED) is 0.829. The predicted octanol–water partition coefficient (Wildman–Crippen LogP) is 1.62. The fraction of sp³-hybridized carbons (Fsp3) is 0.500. The second-order valence-corrected chi connectivity index (χ2v) is 5.87. The first kappa shape index (κ1) is 15.9. The molecule has 2 saturated heterocycles. The van der Waals surface area contributed by atoms with E-state index in [0.29, 0.717) is 0 Å². The maximum Gasteiger partial charge on any atom is 0.234 e. The van der Waals surface area contributed by atoms with Gasteiger partial charge in [-0.1, -0.05) is 0 Å². The van der Waals surface area contributed by atoms with Crippen LogP contribution >= 0.6 is 0 Å². The monoisotopic (exact) mass is 324 g/mol. The second-order valence-electron chi connectivity index (χ2n) is 5.87. The predicted molar refractivity (Wildman–Crippen MR) is 78.0 cm³/mol. The maximum atomic E-state index is 14.3. The van der Waals surface area contributed by atoms with Crippen LogP contribution in [0.1, 0.15) is 37.2 Å². The third kappa shape index (κ3) is 3.50.